The number of alkyl halides is 6. The number of fused-ring (bicyclic) bond motifs is 1. The summed E-state index contributed by atoms with van der Waals surface area (Å²) in [6.07, 6.45) is -1.57. The van der Waals surface area contributed by atoms with E-state index in [4.69, 9.17) is 0 Å². The third-order valence-electron chi connectivity index (χ3n) is 5.42. The van der Waals surface area contributed by atoms with Gasteiger partial charge in [-0.1, -0.05) is 36.4 Å². The molecular formula is C24H17F6N3O2. The number of rotatable bonds is 4. The van der Waals surface area contributed by atoms with Crippen LogP contribution in [0.25, 0.3) is 16.6 Å². The molecule has 5 nitrogen and oxygen atoms in total. The Kier molecular flexibility index (Phi) is 6.05. The number of para-hydroxylation sites is 1. The molecule has 0 saturated heterocycles. The molecule has 1 aliphatic heterocycles. The van der Waals surface area contributed by atoms with Gasteiger partial charge in [0.15, 0.2) is 0 Å². The van der Waals surface area contributed by atoms with Gasteiger partial charge < -0.3 is 10.0 Å². The van der Waals surface area contributed by atoms with Crippen molar-refractivity contribution in [2.75, 3.05) is 0 Å². The number of hydrogen-bond donors (Lipinski definition) is 1. The minimum absolute atomic E-state index is 0.0143. The summed E-state index contributed by atoms with van der Waals surface area (Å²) < 4.78 is 80.6. The smallest absolute Gasteiger partial charge is 0.369 e. The maximum absolute atomic E-state index is 13.3. The Morgan fingerprint density at radius 2 is 1.37 bits per heavy atom. The van der Waals surface area contributed by atoms with Gasteiger partial charge in [-0.15, -0.1) is 0 Å². The number of aliphatic hydroxyl groups is 1. The van der Waals surface area contributed by atoms with E-state index in [1.807, 2.05) is 0 Å². The van der Waals surface area contributed by atoms with Gasteiger partial charge in [0, 0.05) is 18.0 Å². The normalized spacial score (nSPS) is 14.5. The van der Waals surface area contributed by atoms with Gasteiger partial charge in [-0.3, -0.25) is 9.36 Å². The summed E-state index contributed by atoms with van der Waals surface area (Å²) in [7, 11) is 0. The molecule has 0 radical (unpaired) electrons. The topological polar surface area (TPSA) is 58.4 Å². The quantitative estimate of drug-likeness (QED) is 0.514. The van der Waals surface area contributed by atoms with Crippen molar-refractivity contribution in [2.45, 2.75) is 24.5 Å². The summed E-state index contributed by atoms with van der Waals surface area (Å²) in [5.74, 6) is 0.194. The molecule has 0 atom stereocenters. The molecule has 0 spiro atoms. The van der Waals surface area contributed by atoms with Gasteiger partial charge in [-0.25, -0.2) is 4.98 Å². The minimum Gasteiger partial charge on any atom is -0.369 e. The largest absolute Gasteiger partial charge is 0.430 e. The van der Waals surface area contributed by atoms with Crippen LogP contribution in [0.4, 0.5) is 26.3 Å². The fraction of sp³-hybridized carbons (Fsp3) is 0.167. The van der Waals surface area contributed by atoms with Gasteiger partial charge in [0.2, 0.25) is 0 Å². The van der Waals surface area contributed by atoms with Crippen LogP contribution in [0.1, 0.15) is 11.4 Å². The van der Waals surface area contributed by atoms with E-state index >= 15 is 0 Å². The van der Waals surface area contributed by atoms with E-state index in [1.165, 1.54) is 6.07 Å². The van der Waals surface area contributed by atoms with Crippen LogP contribution in [0.5, 0.6) is 0 Å². The van der Waals surface area contributed by atoms with Crippen molar-refractivity contribution in [3.05, 3.63) is 107 Å². The summed E-state index contributed by atoms with van der Waals surface area (Å²) in [5.41, 5.74) is -6.68. The first-order valence-electron chi connectivity index (χ1n) is 10.2. The zero-order chi connectivity index (χ0) is 25.4. The Hall–Kier alpha value is -3.86. The number of benzene rings is 2. The third kappa shape index (κ3) is 4.34. The monoisotopic (exact) mass is 493 g/mol. The standard InChI is InChI=1S/C24H17F6N3O2/c25-23(26,27)22(35,24(28,29)30)16-9-11-17(12-10-16)33-20(15-32-13-5-1-2-6-14-32)31-19-8-4-3-7-18(19)21(33)34/h1-14,35H,15H2. The van der Waals surface area contributed by atoms with Crippen molar-refractivity contribution in [3.8, 4) is 5.69 Å². The molecule has 2 heterocycles. The van der Waals surface area contributed by atoms with Crippen molar-refractivity contribution in [1.82, 2.24) is 14.5 Å². The Morgan fingerprint density at radius 3 is 1.94 bits per heavy atom. The summed E-state index contributed by atoms with van der Waals surface area (Å²) in [6.45, 7) is 0.0749. The highest BCUT2D eigenvalue weighted by Gasteiger charge is 2.71. The molecule has 0 amide bonds. The highest BCUT2D eigenvalue weighted by molar-refractivity contribution is 5.77. The second-order valence-corrected chi connectivity index (χ2v) is 7.68. The predicted molar refractivity (Wildman–Crippen MR) is 116 cm³/mol. The first-order valence-corrected chi connectivity index (χ1v) is 10.2. The minimum atomic E-state index is -6.02. The van der Waals surface area contributed by atoms with Gasteiger partial charge in [-0.05, 0) is 36.4 Å². The molecule has 0 bridgehead atoms. The lowest BCUT2D eigenvalue weighted by Crippen LogP contribution is -2.53. The van der Waals surface area contributed by atoms with Gasteiger partial charge >= 0.3 is 12.4 Å². The van der Waals surface area contributed by atoms with E-state index in [0.29, 0.717) is 17.6 Å². The summed E-state index contributed by atoms with van der Waals surface area (Å²) in [6, 6.07) is 9.25. The third-order valence-corrected chi connectivity index (χ3v) is 5.42. The lowest BCUT2D eigenvalue weighted by Gasteiger charge is -2.32. The number of hydrogen-bond acceptors (Lipinski definition) is 4. The highest BCUT2D eigenvalue weighted by Crippen LogP contribution is 2.50. The second-order valence-electron chi connectivity index (χ2n) is 7.68. The molecule has 11 heteroatoms. The Morgan fingerprint density at radius 1 is 0.800 bits per heavy atom. The first-order chi connectivity index (χ1) is 16.4. The van der Waals surface area contributed by atoms with Crippen molar-refractivity contribution in [1.29, 1.82) is 0 Å². The summed E-state index contributed by atoms with van der Waals surface area (Å²) >= 11 is 0. The van der Waals surface area contributed by atoms with E-state index in [-0.39, 0.29) is 23.4 Å². The van der Waals surface area contributed by atoms with Crippen LogP contribution in [0.3, 0.4) is 0 Å². The second kappa shape index (κ2) is 8.73. The van der Waals surface area contributed by atoms with Crippen molar-refractivity contribution < 1.29 is 31.4 Å². The fourth-order valence-electron chi connectivity index (χ4n) is 3.66. The fourth-order valence-corrected chi connectivity index (χ4v) is 3.66. The Labute approximate surface area is 194 Å². The molecule has 3 aromatic rings. The zero-order valence-electron chi connectivity index (χ0n) is 17.8. The Balaban J connectivity index is 1.86. The van der Waals surface area contributed by atoms with Gasteiger partial charge in [0.1, 0.15) is 5.82 Å². The molecule has 1 aliphatic rings. The van der Waals surface area contributed by atoms with Crippen LogP contribution in [-0.2, 0) is 12.1 Å². The maximum atomic E-state index is 13.3. The molecule has 4 rings (SSSR count). The van der Waals surface area contributed by atoms with Crippen molar-refractivity contribution in [2.24, 2.45) is 0 Å². The molecule has 0 aliphatic carbocycles. The average Bonchev–Trinajstić information content (AvgIpc) is 3.06. The van der Waals surface area contributed by atoms with Crippen LogP contribution in [0, 0.1) is 0 Å². The van der Waals surface area contributed by atoms with Crippen LogP contribution in [0.2, 0.25) is 0 Å². The molecule has 1 aromatic heterocycles. The van der Waals surface area contributed by atoms with Gasteiger partial charge in [0.25, 0.3) is 11.2 Å². The number of halogens is 6. The summed E-state index contributed by atoms with van der Waals surface area (Å²) in [5, 5.41) is 9.87. The van der Waals surface area contributed by atoms with E-state index < -0.39 is 29.1 Å². The molecule has 1 N–H and O–H groups in total. The SMILES string of the molecule is O=c1c2ccccc2nc(CN2C=CC=CC=C2)n1-c1ccc(C(O)(C(F)(F)F)C(F)(F)F)cc1. The summed E-state index contributed by atoms with van der Waals surface area (Å²) in [4.78, 5) is 19.5. The molecule has 182 valence electrons. The van der Waals surface area contributed by atoms with Gasteiger partial charge in [0.05, 0.1) is 23.1 Å². The molecule has 0 fully saturated rings. The maximum Gasteiger partial charge on any atom is 0.430 e. The molecule has 0 unspecified atom stereocenters. The van der Waals surface area contributed by atoms with Crippen LogP contribution >= 0.6 is 0 Å². The lowest BCUT2D eigenvalue weighted by molar-refractivity contribution is -0.376. The number of aromatic nitrogens is 2. The number of nitrogens with zero attached hydrogens (tertiary/aromatic N) is 3. The lowest BCUT2D eigenvalue weighted by atomic mass is 9.92. The molecule has 2 aromatic carbocycles. The van der Waals surface area contributed by atoms with E-state index in [0.717, 1.165) is 16.7 Å². The van der Waals surface area contributed by atoms with E-state index in [1.54, 1.807) is 59.8 Å². The Bertz CT molecular complexity index is 1360. The predicted octanol–water partition coefficient (Wildman–Crippen LogP) is 5.10. The van der Waals surface area contributed by atoms with Crippen LogP contribution < -0.4 is 5.56 Å². The zero-order valence-corrected chi connectivity index (χ0v) is 17.8. The van der Waals surface area contributed by atoms with Crippen molar-refractivity contribution >= 4 is 10.9 Å². The number of allylic oxidation sites excluding steroid dienone is 4. The molecule has 35 heavy (non-hydrogen) atoms. The van der Waals surface area contributed by atoms with E-state index in [9.17, 15) is 36.2 Å². The van der Waals surface area contributed by atoms with Crippen molar-refractivity contribution in [3.63, 3.8) is 0 Å². The highest BCUT2D eigenvalue weighted by atomic mass is 19.4. The first kappa shape index (κ1) is 24.3. The van der Waals surface area contributed by atoms with Crippen LogP contribution in [-0.4, -0.2) is 31.9 Å². The van der Waals surface area contributed by atoms with Gasteiger partial charge in [-0.2, -0.15) is 26.3 Å². The molecular weight excluding hydrogens is 476 g/mol. The molecule has 0 saturated carbocycles. The van der Waals surface area contributed by atoms with E-state index in [2.05, 4.69) is 4.98 Å². The average molecular weight is 493 g/mol. The van der Waals surface area contributed by atoms with Crippen LogP contribution in [0.15, 0.2) is 90.0 Å².